The van der Waals surface area contributed by atoms with Crippen molar-refractivity contribution in [3.05, 3.63) is 28.8 Å². The molecule has 0 heterocycles. The second kappa shape index (κ2) is 5.27. The summed E-state index contributed by atoms with van der Waals surface area (Å²) >= 11 is 3.61. The SMILES string of the molecule is CC12CC3CC(c4cc(C(C)(C)C)cc(CBr)c4O)(C1)C[C@@](C)(C3)C2. The number of alkyl halides is 1. The van der Waals surface area contributed by atoms with Gasteiger partial charge in [0.2, 0.25) is 0 Å². The summed E-state index contributed by atoms with van der Waals surface area (Å²) < 4.78 is 0. The third-order valence-corrected chi connectivity index (χ3v) is 8.00. The van der Waals surface area contributed by atoms with E-state index in [9.17, 15) is 5.11 Å². The van der Waals surface area contributed by atoms with Crippen molar-refractivity contribution in [2.45, 2.75) is 89.3 Å². The molecule has 1 aromatic rings. The summed E-state index contributed by atoms with van der Waals surface area (Å²) in [5.41, 5.74) is 4.91. The van der Waals surface area contributed by atoms with Crippen LogP contribution in [0, 0.1) is 16.7 Å². The lowest BCUT2D eigenvalue weighted by atomic mass is 9.39. The van der Waals surface area contributed by atoms with Gasteiger partial charge in [0.1, 0.15) is 5.75 Å². The molecule has 4 atom stereocenters. The largest absolute Gasteiger partial charge is 0.507 e. The molecule has 5 rings (SSSR count). The van der Waals surface area contributed by atoms with Crippen LogP contribution in [0.25, 0.3) is 0 Å². The van der Waals surface area contributed by atoms with Gasteiger partial charge < -0.3 is 5.11 Å². The molecule has 3 unspecified atom stereocenters. The van der Waals surface area contributed by atoms with Crippen molar-refractivity contribution in [2.24, 2.45) is 16.7 Å². The molecule has 0 spiro atoms. The Hall–Kier alpha value is -0.500. The van der Waals surface area contributed by atoms with Crippen molar-refractivity contribution >= 4 is 15.9 Å². The van der Waals surface area contributed by atoms with Crippen molar-refractivity contribution in [2.75, 3.05) is 0 Å². The average Bonchev–Trinajstić information content (AvgIpc) is 2.42. The zero-order chi connectivity index (χ0) is 18.3. The first kappa shape index (κ1) is 17.9. The molecule has 1 N–H and O–H groups in total. The predicted octanol–water partition coefficient (Wildman–Crippen LogP) is 6.83. The van der Waals surface area contributed by atoms with Gasteiger partial charge in [-0.15, -0.1) is 0 Å². The smallest absolute Gasteiger partial charge is 0.123 e. The Kier molecular flexibility index (Phi) is 3.77. The first-order valence-electron chi connectivity index (χ1n) is 9.91. The number of hydrogen-bond acceptors (Lipinski definition) is 1. The number of hydrogen-bond donors (Lipinski definition) is 1. The summed E-state index contributed by atoms with van der Waals surface area (Å²) in [6.07, 6.45) is 7.97. The summed E-state index contributed by atoms with van der Waals surface area (Å²) in [5.74, 6) is 1.41. The quantitative estimate of drug-likeness (QED) is 0.535. The van der Waals surface area contributed by atoms with Gasteiger partial charge in [-0.1, -0.05) is 62.7 Å². The van der Waals surface area contributed by atoms with E-state index in [0.29, 0.717) is 16.6 Å². The van der Waals surface area contributed by atoms with Crippen LogP contribution in [-0.4, -0.2) is 5.11 Å². The van der Waals surface area contributed by atoms with Gasteiger partial charge in [-0.05, 0) is 66.3 Å². The van der Waals surface area contributed by atoms with Crippen molar-refractivity contribution in [1.29, 1.82) is 0 Å². The Labute approximate surface area is 161 Å². The molecular weight excluding hydrogens is 372 g/mol. The standard InChI is InChI=1S/C23H33BrO/c1-20(2,3)17-6-16(11-24)19(25)18(7-17)23-10-15-8-21(4,13-23)12-22(5,9-15)14-23/h6-7,15,25H,8-14H2,1-5H3/t15?,21-,22?,23?/m0/s1. The molecule has 4 aliphatic rings. The van der Waals surface area contributed by atoms with E-state index in [2.05, 4.69) is 62.7 Å². The van der Waals surface area contributed by atoms with E-state index in [1.54, 1.807) is 0 Å². The summed E-state index contributed by atoms with van der Waals surface area (Å²) in [7, 11) is 0. The summed E-state index contributed by atoms with van der Waals surface area (Å²) in [5, 5.41) is 11.9. The van der Waals surface area contributed by atoms with Crippen LogP contribution in [0.3, 0.4) is 0 Å². The van der Waals surface area contributed by atoms with Gasteiger partial charge in [0, 0.05) is 21.9 Å². The van der Waals surface area contributed by atoms with E-state index in [1.807, 2.05) is 0 Å². The lowest BCUT2D eigenvalue weighted by Gasteiger charge is -2.65. The van der Waals surface area contributed by atoms with Crippen molar-refractivity contribution in [3.63, 3.8) is 0 Å². The van der Waals surface area contributed by atoms with Crippen LogP contribution >= 0.6 is 15.9 Å². The molecule has 1 aromatic carbocycles. The molecule has 4 saturated carbocycles. The van der Waals surface area contributed by atoms with Gasteiger partial charge in [0.25, 0.3) is 0 Å². The highest BCUT2D eigenvalue weighted by molar-refractivity contribution is 9.08. The third-order valence-electron chi connectivity index (χ3n) is 7.40. The van der Waals surface area contributed by atoms with Crippen LogP contribution in [0.15, 0.2) is 12.1 Å². The highest BCUT2D eigenvalue weighted by atomic mass is 79.9. The molecule has 25 heavy (non-hydrogen) atoms. The molecule has 4 fully saturated rings. The molecule has 0 aromatic heterocycles. The van der Waals surface area contributed by atoms with Crippen LogP contribution < -0.4 is 0 Å². The van der Waals surface area contributed by atoms with Gasteiger partial charge in [-0.3, -0.25) is 0 Å². The Balaban J connectivity index is 1.89. The second-order valence-electron chi connectivity index (χ2n) is 11.3. The highest BCUT2D eigenvalue weighted by Gasteiger charge is 2.61. The van der Waals surface area contributed by atoms with Crippen molar-refractivity contribution < 1.29 is 5.11 Å². The number of rotatable bonds is 2. The van der Waals surface area contributed by atoms with E-state index in [4.69, 9.17) is 0 Å². The molecule has 0 saturated heterocycles. The van der Waals surface area contributed by atoms with E-state index >= 15 is 0 Å². The predicted molar refractivity (Wildman–Crippen MR) is 109 cm³/mol. The van der Waals surface area contributed by atoms with Gasteiger partial charge in [-0.25, -0.2) is 0 Å². The fourth-order valence-electron chi connectivity index (χ4n) is 7.38. The van der Waals surface area contributed by atoms with Crippen LogP contribution in [0.1, 0.15) is 89.8 Å². The van der Waals surface area contributed by atoms with Crippen LogP contribution in [0.2, 0.25) is 0 Å². The van der Waals surface area contributed by atoms with Gasteiger partial charge >= 0.3 is 0 Å². The van der Waals surface area contributed by atoms with Crippen LogP contribution in [0.4, 0.5) is 0 Å². The van der Waals surface area contributed by atoms with E-state index < -0.39 is 0 Å². The molecule has 2 heteroatoms. The number of phenolic OH excluding ortho intramolecular Hbond substituents is 1. The maximum atomic E-state index is 11.2. The number of benzene rings is 1. The molecule has 1 nitrogen and oxygen atoms in total. The van der Waals surface area contributed by atoms with Crippen molar-refractivity contribution in [3.8, 4) is 5.75 Å². The molecular formula is C23H33BrO. The minimum absolute atomic E-state index is 0.107. The normalized spacial score (nSPS) is 39.8. The third kappa shape index (κ3) is 2.78. The Morgan fingerprint density at radius 1 is 1.04 bits per heavy atom. The minimum Gasteiger partial charge on any atom is -0.507 e. The zero-order valence-electron chi connectivity index (χ0n) is 16.5. The first-order valence-corrected chi connectivity index (χ1v) is 11.0. The molecule has 0 radical (unpaired) electrons. The van der Waals surface area contributed by atoms with Crippen LogP contribution in [0.5, 0.6) is 5.75 Å². The molecule has 0 amide bonds. The van der Waals surface area contributed by atoms with Crippen molar-refractivity contribution in [1.82, 2.24) is 0 Å². The topological polar surface area (TPSA) is 20.2 Å². The summed E-state index contributed by atoms with van der Waals surface area (Å²) in [6, 6.07) is 4.57. The number of halogens is 1. The molecule has 4 aliphatic carbocycles. The Bertz CT molecular complexity index is 696. The summed E-state index contributed by atoms with van der Waals surface area (Å²) in [6.45, 7) is 11.9. The number of phenols is 1. The van der Waals surface area contributed by atoms with E-state index in [-0.39, 0.29) is 10.8 Å². The Morgan fingerprint density at radius 3 is 2.12 bits per heavy atom. The van der Waals surface area contributed by atoms with Gasteiger partial charge in [-0.2, -0.15) is 0 Å². The highest BCUT2D eigenvalue weighted by Crippen LogP contribution is 2.70. The van der Waals surface area contributed by atoms with E-state index in [0.717, 1.165) is 16.8 Å². The fourth-order valence-corrected chi connectivity index (χ4v) is 7.81. The maximum Gasteiger partial charge on any atom is 0.123 e. The summed E-state index contributed by atoms with van der Waals surface area (Å²) in [4.78, 5) is 0. The molecule has 138 valence electrons. The minimum atomic E-state index is 0.107. The van der Waals surface area contributed by atoms with Gasteiger partial charge in [0.15, 0.2) is 0 Å². The van der Waals surface area contributed by atoms with Crippen LogP contribution in [-0.2, 0) is 16.2 Å². The molecule has 4 bridgehead atoms. The monoisotopic (exact) mass is 404 g/mol. The van der Waals surface area contributed by atoms with Gasteiger partial charge in [0.05, 0.1) is 0 Å². The first-order chi connectivity index (χ1) is 11.5. The zero-order valence-corrected chi connectivity index (χ0v) is 18.1. The fraction of sp³-hybridized carbons (Fsp3) is 0.739. The Morgan fingerprint density at radius 2 is 1.64 bits per heavy atom. The number of aromatic hydroxyl groups is 1. The maximum absolute atomic E-state index is 11.2. The lowest BCUT2D eigenvalue weighted by Crippen LogP contribution is -2.56. The second-order valence-corrected chi connectivity index (χ2v) is 11.9. The molecule has 0 aliphatic heterocycles. The van der Waals surface area contributed by atoms with E-state index in [1.165, 1.54) is 49.7 Å². The average molecular weight is 405 g/mol. The lowest BCUT2D eigenvalue weighted by molar-refractivity contribution is -0.110.